The Balaban J connectivity index is 1.80. The predicted molar refractivity (Wildman–Crippen MR) is 79.0 cm³/mol. The van der Waals surface area contributed by atoms with E-state index in [1.165, 1.54) is 0 Å². The molecule has 0 aromatic carbocycles. The molecule has 0 fully saturated rings. The summed E-state index contributed by atoms with van der Waals surface area (Å²) in [6.07, 6.45) is 7.92. The zero-order valence-electron chi connectivity index (χ0n) is 11.8. The molecule has 0 saturated heterocycles. The molecule has 3 rings (SSSR count). The van der Waals surface area contributed by atoms with Crippen LogP contribution in [0.4, 0.5) is 0 Å². The molecule has 0 unspecified atom stereocenters. The molecule has 3 aromatic rings. The van der Waals surface area contributed by atoms with E-state index in [1.54, 1.807) is 0 Å². The van der Waals surface area contributed by atoms with E-state index >= 15 is 0 Å². The average molecular weight is 266 g/mol. The Morgan fingerprint density at radius 2 is 1.90 bits per heavy atom. The first-order valence-corrected chi connectivity index (χ1v) is 6.84. The summed E-state index contributed by atoms with van der Waals surface area (Å²) in [4.78, 5) is 4.67. The lowest BCUT2D eigenvalue weighted by Gasteiger charge is -2.07. The minimum absolute atomic E-state index is 0.447. The summed E-state index contributed by atoms with van der Waals surface area (Å²) in [6, 6.07) is 10.2. The van der Waals surface area contributed by atoms with E-state index in [4.69, 9.17) is 0 Å². The van der Waals surface area contributed by atoms with Crippen molar-refractivity contribution in [1.29, 1.82) is 0 Å². The summed E-state index contributed by atoms with van der Waals surface area (Å²) in [6.45, 7) is 5.01. The van der Waals surface area contributed by atoms with Crippen molar-refractivity contribution in [1.82, 2.24) is 19.3 Å². The van der Waals surface area contributed by atoms with Gasteiger partial charge in [0.2, 0.25) is 0 Å². The molecule has 3 heterocycles. The summed E-state index contributed by atoms with van der Waals surface area (Å²) >= 11 is 0. The second-order valence-electron chi connectivity index (χ2n) is 5.19. The molecule has 4 nitrogen and oxygen atoms in total. The summed E-state index contributed by atoms with van der Waals surface area (Å²) in [5.74, 6) is 0.447. The van der Waals surface area contributed by atoms with Gasteiger partial charge >= 0.3 is 0 Å². The van der Waals surface area contributed by atoms with Gasteiger partial charge in [-0.25, -0.2) is 0 Å². The van der Waals surface area contributed by atoms with Crippen LogP contribution in [0.3, 0.4) is 0 Å². The van der Waals surface area contributed by atoms with Crippen LogP contribution in [0.2, 0.25) is 0 Å². The molecule has 4 heteroatoms. The third-order valence-corrected chi connectivity index (χ3v) is 3.27. The van der Waals surface area contributed by atoms with E-state index in [-0.39, 0.29) is 0 Å². The number of aromatic nitrogens is 4. The third-order valence-electron chi connectivity index (χ3n) is 3.27. The average Bonchev–Trinajstić information content (AvgIpc) is 3.09. The van der Waals surface area contributed by atoms with Crippen LogP contribution in [-0.4, -0.2) is 19.3 Å². The van der Waals surface area contributed by atoms with E-state index in [0.29, 0.717) is 12.5 Å². The Labute approximate surface area is 118 Å². The molecule has 20 heavy (non-hydrogen) atoms. The van der Waals surface area contributed by atoms with Crippen molar-refractivity contribution >= 4 is 0 Å². The zero-order valence-corrected chi connectivity index (χ0v) is 11.8. The standard InChI is InChI=1S/C16H18N4/c1-13(2)16-7-5-6-14(18-16)11-20-12-15(10-17-20)19-8-3-4-9-19/h3-10,12-13H,11H2,1-2H3. The van der Waals surface area contributed by atoms with Crippen molar-refractivity contribution in [2.24, 2.45) is 0 Å². The Bertz CT molecular complexity index is 680. The Morgan fingerprint density at radius 1 is 1.10 bits per heavy atom. The van der Waals surface area contributed by atoms with Gasteiger partial charge in [0.1, 0.15) is 0 Å². The van der Waals surface area contributed by atoms with Gasteiger partial charge in [0.25, 0.3) is 0 Å². The monoisotopic (exact) mass is 266 g/mol. The van der Waals surface area contributed by atoms with Crippen LogP contribution in [-0.2, 0) is 6.54 Å². The van der Waals surface area contributed by atoms with Gasteiger partial charge in [-0.1, -0.05) is 19.9 Å². The SMILES string of the molecule is CC(C)c1cccc(Cn2cc(-n3cccc3)cn2)n1. The van der Waals surface area contributed by atoms with Crippen LogP contribution in [0.5, 0.6) is 0 Å². The Kier molecular flexibility index (Phi) is 3.37. The van der Waals surface area contributed by atoms with Gasteiger partial charge in [0.15, 0.2) is 0 Å². The smallest absolute Gasteiger partial charge is 0.0833 e. The predicted octanol–water partition coefficient (Wildman–Crippen LogP) is 3.24. The van der Waals surface area contributed by atoms with Gasteiger partial charge in [-0.3, -0.25) is 9.67 Å². The van der Waals surface area contributed by atoms with Crippen molar-refractivity contribution < 1.29 is 0 Å². The number of hydrogen-bond donors (Lipinski definition) is 0. The molecule has 0 amide bonds. The van der Waals surface area contributed by atoms with E-state index in [1.807, 2.05) is 52.2 Å². The molecule has 0 saturated carbocycles. The normalized spacial score (nSPS) is 11.2. The van der Waals surface area contributed by atoms with Crippen LogP contribution in [0, 0.1) is 0 Å². The first kappa shape index (κ1) is 12.7. The highest BCUT2D eigenvalue weighted by atomic mass is 15.3. The molecule has 0 aliphatic heterocycles. The number of rotatable bonds is 4. The minimum atomic E-state index is 0.447. The lowest BCUT2D eigenvalue weighted by Crippen LogP contribution is -2.04. The minimum Gasteiger partial charge on any atom is -0.321 e. The van der Waals surface area contributed by atoms with Gasteiger partial charge in [-0.2, -0.15) is 5.10 Å². The van der Waals surface area contributed by atoms with Crippen molar-refractivity contribution in [2.45, 2.75) is 26.3 Å². The largest absolute Gasteiger partial charge is 0.321 e. The maximum atomic E-state index is 4.67. The van der Waals surface area contributed by atoms with Gasteiger partial charge in [0, 0.05) is 24.3 Å². The molecule has 0 aliphatic rings. The van der Waals surface area contributed by atoms with Gasteiger partial charge < -0.3 is 4.57 Å². The topological polar surface area (TPSA) is 35.6 Å². The highest BCUT2D eigenvalue weighted by Gasteiger charge is 2.04. The van der Waals surface area contributed by atoms with Crippen molar-refractivity contribution in [3.63, 3.8) is 0 Å². The lowest BCUT2D eigenvalue weighted by molar-refractivity contribution is 0.664. The van der Waals surface area contributed by atoms with E-state index in [9.17, 15) is 0 Å². The molecular formula is C16H18N4. The van der Waals surface area contributed by atoms with Crippen molar-refractivity contribution in [2.75, 3.05) is 0 Å². The van der Waals surface area contributed by atoms with Crippen LogP contribution in [0.15, 0.2) is 55.1 Å². The van der Waals surface area contributed by atoms with E-state index < -0.39 is 0 Å². The van der Waals surface area contributed by atoms with Crippen LogP contribution >= 0.6 is 0 Å². The van der Waals surface area contributed by atoms with Gasteiger partial charge in [0.05, 0.1) is 24.1 Å². The second-order valence-corrected chi connectivity index (χ2v) is 5.19. The highest BCUT2D eigenvalue weighted by molar-refractivity contribution is 5.26. The summed E-state index contributed by atoms with van der Waals surface area (Å²) in [5, 5.41) is 4.40. The summed E-state index contributed by atoms with van der Waals surface area (Å²) in [7, 11) is 0. The number of hydrogen-bond acceptors (Lipinski definition) is 2. The fourth-order valence-corrected chi connectivity index (χ4v) is 2.15. The quantitative estimate of drug-likeness (QED) is 0.726. The molecule has 0 radical (unpaired) electrons. The molecule has 0 spiro atoms. The maximum Gasteiger partial charge on any atom is 0.0833 e. The zero-order chi connectivity index (χ0) is 13.9. The number of nitrogens with zero attached hydrogens (tertiary/aromatic N) is 4. The Morgan fingerprint density at radius 3 is 2.65 bits per heavy atom. The summed E-state index contributed by atoms with van der Waals surface area (Å²) in [5.41, 5.74) is 3.23. The molecular weight excluding hydrogens is 248 g/mol. The molecule has 0 bridgehead atoms. The van der Waals surface area contributed by atoms with Gasteiger partial charge in [-0.05, 0) is 30.2 Å². The van der Waals surface area contributed by atoms with Crippen molar-refractivity contribution in [3.8, 4) is 5.69 Å². The molecule has 102 valence electrons. The third kappa shape index (κ3) is 2.64. The first-order chi connectivity index (χ1) is 9.72. The van der Waals surface area contributed by atoms with Crippen molar-refractivity contribution in [3.05, 3.63) is 66.5 Å². The maximum absolute atomic E-state index is 4.67. The van der Waals surface area contributed by atoms with E-state index in [0.717, 1.165) is 17.1 Å². The molecule has 0 aliphatic carbocycles. The second kappa shape index (κ2) is 5.33. The van der Waals surface area contributed by atoms with Crippen LogP contribution in [0.25, 0.3) is 5.69 Å². The fraction of sp³-hybridized carbons (Fsp3) is 0.250. The van der Waals surface area contributed by atoms with Crippen LogP contribution in [0.1, 0.15) is 31.2 Å². The number of pyridine rings is 1. The lowest BCUT2D eigenvalue weighted by atomic mass is 10.1. The fourth-order valence-electron chi connectivity index (χ4n) is 2.15. The van der Waals surface area contributed by atoms with E-state index in [2.05, 4.69) is 36.1 Å². The molecule has 0 N–H and O–H groups in total. The van der Waals surface area contributed by atoms with Gasteiger partial charge in [-0.15, -0.1) is 0 Å². The molecule has 0 atom stereocenters. The first-order valence-electron chi connectivity index (χ1n) is 6.84. The Hall–Kier alpha value is -2.36. The summed E-state index contributed by atoms with van der Waals surface area (Å²) < 4.78 is 3.96. The highest BCUT2D eigenvalue weighted by Crippen LogP contribution is 2.13. The molecule has 3 aromatic heterocycles. The van der Waals surface area contributed by atoms with Crippen LogP contribution < -0.4 is 0 Å².